The summed E-state index contributed by atoms with van der Waals surface area (Å²) in [5, 5.41) is 13.2. The van der Waals surface area contributed by atoms with Crippen LogP contribution < -0.4 is 4.74 Å². The lowest BCUT2D eigenvalue weighted by atomic mass is 10.2. The molecule has 0 aliphatic rings. The Hall–Kier alpha value is -1.80. The molecule has 0 spiro atoms. The fraction of sp³-hybridized carbons (Fsp3) is 0.231. The van der Waals surface area contributed by atoms with E-state index in [0.29, 0.717) is 23.7 Å². The Morgan fingerprint density at radius 1 is 1.39 bits per heavy atom. The van der Waals surface area contributed by atoms with Crippen LogP contribution in [0.2, 0.25) is 0 Å². The highest BCUT2D eigenvalue weighted by Crippen LogP contribution is 2.21. The van der Waals surface area contributed by atoms with Crippen molar-refractivity contribution in [1.29, 1.82) is 5.26 Å². The molecule has 92 valence electrons. The molecule has 0 aliphatic carbocycles. The van der Waals surface area contributed by atoms with E-state index in [1.54, 1.807) is 18.7 Å². The summed E-state index contributed by atoms with van der Waals surface area (Å²) < 4.78 is 8.29. The summed E-state index contributed by atoms with van der Waals surface area (Å²) in [7, 11) is 1.77. The quantitative estimate of drug-likeness (QED) is 0.876. The summed E-state index contributed by atoms with van der Waals surface area (Å²) in [6.45, 7) is 2.21. The maximum Gasteiger partial charge on any atom is 0.230 e. The third-order valence-corrected chi connectivity index (χ3v) is 3.10. The first kappa shape index (κ1) is 12.7. The van der Waals surface area contributed by atoms with Gasteiger partial charge in [0.2, 0.25) is 5.88 Å². The molecule has 0 bridgehead atoms. The first-order valence-corrected chi connectivity index (χ1v) is 6.22. The number of ether oxygens (including phenoxy) is 1. The molecule has 0 N–H and O–H groups in total. The Morgan fingerprint density at radius 3 is 2.67 bits per heavy atom. The molecule has 1 aromatic heterocycles. The largest absolute Gasteiger partial charge is 0.472 e. The van der Waals surface area contributed by atoms with E-state index in [1.165, 1.54) is 0 Å². The molecule has 0 saturated carbocycles. The summed E-state index contributed by atoms with van der Waals surface area (Å²) in [6, 6.07) is 9.97. The van der Waals surface area contributed by atoms with Crippen LogP contribution in [0.15, 0.2) is 28.7 Å². The molecular formula is C13H12BrN3O. The Morgan fingerprint density at radius 2 is 2.06 bits per heavy atom. The highest BCUT2D eigenvalue weighted by molar-refractivity contribution is 9.10. The molecule has 1 heterocycles. The average Bonchev–Trinajstić information content (AvgIpc) is 2.62. The summed E-state index contributed by atoms with van der Waals surface area (Å²) in [5.41, 5.74) is 2.22. The number of benzene rings is 1. The van der Waals surface area contributed by atoms with Crippen LogP contribution in [0, 0.1) is 18.3 Å². The summed E-state index contributed by atoms with van der Waals surface area (Å²) in [4.78, 5) is 0. The van der Waals surface area contributed by atoms with Crippen molar-refractivity contribution in [3.63, 3.8) is 0 Å². The molecule has 0 aliphatic heterocycles. The second-order valence-electron chi connectivity index (χ2n) is 3.92. The second-order valence-corrected chi connectivity index (χ2v) is 4.83. The van der Waals surface area contributed by atoms with E-state index in [-0.39, 0.29) is 0 Å². The van der Waals surface area contributed by atoms with E-state index in [1.807, 2.05) is 24.3 Å². The van der Waals surface area contributed by atoms with E-state index in [9.17, 15) is 0 Å². The molecule has 1 aromatic carbocycles. The van der Waals surface area contributed by atoms with Crippen molar-refractivity contribution in [2.45, 2.75) is 13.5 Å². The van der Waals surface area contributed by atoms with Crippen LogP contribution in [0.4, 0.5) is 0 Å². The van der Waals surface area contributed by atoms with Gasteiger partial charge in [0.1, 0.15) is 18.2 Å². The topological polar surface area (TPSA) is 50.8 Å². The number of aryl methyl sites for hydroxylation is 2. The Balaban J connectivity index is 2.16. The Kier molecular flexibility index (Phi) is 3.68. The highest BCUT2D eigenvalue weighted by atomic mass is 79.9. The lowest BCUT2D eigenvalue weighted by molar-refractivity contribution is 0.278. The molecule has 0 amide bonds. The van der Waals surface area contributed by atoms with Crippen LogP contribution in [-0.4, -0.2) is 9.78 Å². The van der Waals surface area contributed by atoms with Crippen LogP contribution in [0.5, 0.6) is 5.88 Å². The minimum Gasteiger partial charge on any atom is -0.472 e. The van der Waals surface area contributed by atoms with Crippen molar-refractivity contribution in [3.8, 4) is 11.9 Å². The SMILES string of the molecule is Cc1nn(C)c(OCc2ccc(Br)cc2)c1C#N. The fourth-order valence-electron chi connectivity index (χ4n) is 1.66. The zero-order valence-corrected chi connectivity index (χ0v) is 11.7. The van der Waals surface area contributed by atoms with Gasteiger partial charge in [0.05, 0.1) is 5.69 Å². The number of hydrogen-bond acceptors (Lipinski definition) is 3. The second kappa shape index (κ2) is 5.23. The van der Waals surface area contributed by atoms with Crippen molar-refractivity contribution < 1.29 is 4.74 Å². The Labute approximate surface area is 114 Å². The summed E-state index contributed by atoms with van der Waals surface area (Å²) in [5.74, 6) is 0.512. The third kappa shape index (κ3) is 2.54. The molecule has 4 nitrogen and oxygen atoms in total. The maximum absolute atomic E-state index is 9.06. The number of rotatable bonds is 3. The normalized spacial score (nSPS) is 10.1. The smallest absolute Gasteiger partial charge is 0.230 e. The average molecular weight is 306 g/mol. The van der Waals surface area contributed by atoms with Crippen molar-refractivity contribution in [1.82, 2.24) is 9.78 Å². The van der Waals surface area contributed by atoms with Gasteiger partial charge in [-0.05, 0) is 24.6 Å². The number of nitrogens with zero attached hydrogens (tertiary/aromatic N) is 3. The van der Waals surface area contributed by atoms with Crippen molar-refractivity contribution in [3.05, 3.63) is 45.6 Å². The lowest BCUT2D eigenvalue weighted by Crippen LogP contribution is -2.01. The molecule has 0 unspecified atom stereocenters. The van der Waals surface area contributed by atoms with Gasteiger partial charge in [0.25, 0.3) is 0 Å². The molecule has 18 heavy (non-hydrogen) atoms. The molecule has 2 aromatic rings. The standard InChI is InChI=1S/C13H12BrN3O/c1-9-12(7-15)13(17(2)16-9)18-8-10-3-5-11(14)6-4-10/h3-6H,8H2,1-2H3. The number of hydrogen-bond donors (Lipinski definition) is 0. The first-order valence-electron chi connectivity index (χ1n) is 5.42. The first-order chi connectivity index (χ1) is 8.61. The predicted octanol–water partition coefficient (Wildman–Crippen LogP) is 2.94. The van der Waals surface area contributed by atoms with Gasteiger partial charge in [-0.1, -0.05) is 28.1 Å². The van der Waals surface area contributed by atoms with Crippen LogP contribution in [-0.2, 0) is 13.7 Å². The van der Waals surface area contributed by atoms with E-state index < -0.39 is 0 Å². The Bertz CT molecular complexity index is 596. The van der Waals surface area contributed by atoms with Gasteiger partial charge >= 0.3 is 0 Å². The minimum absolute atomic E-state index is 0.418. The van der Waals surface area contributed by atoms with E-state index in [4.69, 9.17) is 10.00 Å². The van der Waals surface area contributed by atoms with E-state index >= 15 is 0 Å². The van der Waals surface area contributed by atoms with Gasteiger partial charge in [-0.15, -0.1) is 0 Å². The van der Waals surface area contributed by atoms with Crippen molar-refractivity contribution in [2.24, 2.45) is 7.05 Å². The monoisotopic (exact) mass is 305 g/mol. The number of aromatic nitrogens is 2. The van der Waals surface area contributed by atoms with Crippen LogP contribution in [0.25, 0.3) is 0 Å². The van der Waals surface area contributed by atoms with Gasteiger partial charge < -0.3 is 4.74 Å². The molecule has 0 atom stereocenters. The molecule has 0 radical (unpaired) electrons. The maximum atomic E-state index is 9.06. The van der Waals surface area contributed by atoms with Crippen molar-refractivity contribution in [2.75, 3.05) is 0 Å². The highest BCUT2D eigenvalue weighted by Gasteiger charge is 2.14. The van der Waals surface area contributed by atoms with Crippen LogP contribution in [0.3, 0.4) is 0 Å². The third-order valence-electron chi connectivity index (χ3n) is 2.57. The van der Waals surface area contributed by atoms with E-state index in [2.05, 4.69) is 27.1 Å². The van der Waals surface area contributed by atoms with Gasteiger partial charge in [-0.3, -0.25) is 0 Å². The molecule has 2 rings (SSSR count). The van der Waals surface area contributed by atoms with Gasteiger partial charge in [0.15, 0.2) is 0 Å². The van der Waals surface area contributed by atoms with Crippen molar-refractivity contribution >= 4 is 15.9 Å². The zero-order chi connectivity index (χ0) is 13.1. The summed E-state index contributed by atoms with van der Waals surface area (Å²) >= 11 is 3.38. The van der Waals surface area contributed by atoms with E-state index in [0.717, 1.165) is 10.0 Å². The molecule has 0 saturated heterocycles. The predicted molar refractivity (Wildman–Crippen MR) is 71.1 cm³/mol. The molecule has 5 heteroatoms. The van der Waals surface area contributed by atoms with Crippen LogP contribution in [0.1, 0.15) is 16.8 Å². The lowest BCUT2D eigenvalue weighted by Gasteiger charge is -2.06. The minimum atomic E-state index is 0.418. The number of nitriles is 1. The molecular weight excluding hydrogens is 294 g/mol. The van der Waals surface area contributed by atoms with Gasteiger partial charge in [-0.2, -0.15) is 10.4 Å². The zero-order valence-electron chi connectivity index (χ0n) is 10.1. The fourth-order valence-corrected chi connectivity index (χ4v) is 1.93. The van der Waals surface area contributed by atoms with Gasteiger partial charge in [-0.25, -0.2) is 4.68 Å². The van der Waals surface area contributed by atoms with Gasteiger partial charge in [0, 0.05) is 11.5 Å². The summed E-state index contributed by atoms with van der Waals surface area (Å²) in [6.07, 6.45) is 0. The van der Waals surface area contributed by atoms with Crippen LogP contribution >= 0.6 is 15.9 Å². The number of halogens is 1. The molecule has 0 fully saturated rings.